The predicted octanol–water partition coefficient (Wildman–Crippen LogP) is 2.77. The molecule has 3 nitrogen and oxygen atoms in total. The molecule has 82 valence electrons. The Kier molecular flexibility index (Phi) is 2.77. The van der Waals surface area contributed by atoms with E-state index in [0.29, 0.717) is 0 Å². The summed E-state index contributed by atoms with van der Waals surface area (Å²) in [6, 6.07) is 7.58. The number of hydrogen-bond acceptors (Lipinski definition) is 3. The van der Waals surface area contributed by atoms with Gasteiger partial charge < -0.3 is 9.84 Å². The van der Waals surface area contributed by atoms with Gasteiger partial charge in [0.05, 0.1) is 13.3 Å². The van der Waals surface area contributed by atoms with Crippen LogP contribution in [0.1, 0.15) is 5.56 Å². The van der Waals surface area contributed by atoms with Crippen LogP contribution in [-0.2, 0) is 0 Å². The summed E-state index contributed by atoms with van der Waals surface area (Å²) in [4.78, 5) is 3.96. The van der Waals surface area contributed by atoms with Crippen molar-refractivity contribution in [3.8, 4) is 22.6 Å². The number of ether oxygens (including phenoxy) is 1. The number of aromatic hydroxyl groups is 1. The minimum Gasteiger partial charge on any atom is -0.506 e. The van der Waals surface area contributed by atoms with Crippen molar-refractivity contribution in [1.82, 2.24) is 4.98 Å². The molecule has 0 aliphatic rings. The molecule has 0 amide bonds. The molecular weight excluding hydrogens is 202 g/mol. The smallest absolute Gasteiger partial charge is 0.134 e. The topological polar surface area (TPSA) is 42.4 Å². The summed E-state index contributed by atoms with van der Waals surface area (Å²) < 4.78 is 5.29. The maximum absolute atomic E-state index is 9.40. The number of methoxy groups -OCH3 is 1. The van der Waals surface area contributed by atoms with Crippen LogP contribution in [0.5, 0.6) is 11.5 Å². The number of nitrogens with zero attached hydrogens (tertiary/aromatic N) is 1. The molecule has 2 aromatic rings. The largest absolute Gasteiger partial charge is 0.506 e. The first kappa shape index (κ1) is 10.5. The molecule has 0 bridgehead atoms. The summed E-state index contributed by atoms with van der Waals surface area (Å²) in [5, 5.41) is 9.40. The molecule has 1 aromatic carbocycles. The van der Waals surface area contributed by atoms with Gasteiger partial charge >= 0.3 is 0 Å². The zero-order valence-corrected chi connectivity index (χ0v) is 9.27. The van der Waals surface area contributed by atoms with E-state index in [4.69, 9.17) is 4.74 Å². The van der Waals surface area contributed by atoms with Gasteiger partial charge in [-0.05, 0) is 25.1 Å². The summed E-state index contributed by atoms with van der Waals surface area (Å²) in [6.07, 6.45) is 3.11. The molecule has 1 N–H and O–H groups in total. The van der Waals surface area contributed by atoms with Gasteiger partial charge in [-0.3, -0.25) is 4.98 Å². The van der Waals surface area contributed by atoms with Gasteiger partial charge in [-0.15, -0.1) is 0 Å². The number of aryl methyl sites for hydroxylation is 1. The Labute approximate surface area is 94.3 Å². The average Bonchev–Trinajstić information content (AvgIpc) is 2.29. The van der Waals surface area contributed by atoms with Crippen molar-refractivity contribution in [1.29, 1.82) is 0 Å². The van der Waals surface area contributed by atoms with Crippen LogP contribution in [0, 0.1) is 6.92 Å². The zero-order valence-electron chi connectivity index (χ0n) is 9.27. The van der Waals surface area contributed by atoms with Crippen molar-refractivity contribution in [2.45, 2.75) is 6.92 Å². The second kappa shape index (κ2) is 4.23. The van der Waals surface area contributed by atoms with E-state index in [2.05, 4.69) is 4.98 Å². The van der Waals surface area contributed by atoms with E-state index in [1.165, 1.54) is 6.20 Å². The van der Waals surface area contributed by atoms with Crippen LogP contribution in [0.4, 0.5) is 0 Å². The molecule has 0 saturated carbocycles. The van der Waals surface area contributed by atoms with Gasteiger partial charge in [0.25, 0.3) is 0 Å². The Hall–Kier alpha value is -2.03. The van der Waals surface area contributed by atoms with E-state index in [-0.39, 0.29) is 5.75 Å². The van der Waals surface area contributed by atoms with Gasteiger partial charge in [0.1, 0.15) is 11.5 Å². The quantitative estimate of drug-likeness (QED) is 0.837. The van der Waals surface area contributed by atoms with Gasteiger partial charge in [-0.2, -0.15) is 0 Å². The standard InChI is InChI=1S/C13H13NO2/c1-9-3-4-13(16-2)12(5-9)10-6-11(15)8-14-7-10/h3-8,15H,1-2H3. The van der Waals surface area contributed by atoms with Crippen molar-refractivity contribution >= 4 is 0 Å². The van der Waals surface area contributed by atoms with Crippen LogP contribution in [0.25, 0.3) is 11.1 Å². The van der Waals surface area contributed by atoms with Crippen molar-refractivity contribution in [2.75, 3.05) is 7.11 Å². The Bertz CT molecular complexity index is 509. The Morgan fingerprint density at radius 2 is 2.00 bits per heavy atom. The van der Waals surface area contributed by atoms with E-state index in [9.17, 15) is 5.11 Å². The van der Waals surface area contributed by atoms with Gasteiger partial charge in [0.2, 0.25) is 0 Å². The predicted molar refractivity (Wildman–Crippen MR) is 62.6 cm³/mol. The minimum atomic E-state index is 0.154. The number of benzene rings is 1. The molecule has 0 radical (unpaired) electrons. The Morgan fingerprint density at radius 3 is 2.69 bits per heavy atom. The van der Waals surface area contributed by atoms with E-state index in [1.807, 2.05) is 25.1 Å². The molecule has 0 unspecified atom stereocenters. The first-order valence-electron chi connectivity index (χ1n) is 5.00. The van der Waals surface area contributed by atoms with Crippen LogP contribution in [0.3, 0.4) is 0 Å². The van der Waals surface area contributed by atoms with E-state index < -0.39 is 0 Å². The monoisotopic (exact) mass is 215 g/mol. The molecule has 0 spiro atoms. The average molecular weight is 215 g/mol. The summed E-state index contributed by atoms with van der Waals surface area (Å²) in [5.41, 5.74) is 2.92. The molecule has 0 saturated heterocycles. The fourth-order valence-corrected chi connectivity index (χ4v) is 1.62. The Morgan fingerprint density at radius 1 is 1.19 bits per heavy atom. The second-order valence-corrected chi connectivity index (χ2v) is 3.64. The summed E-state index contributed by atoms with van der Waals surface area (Å²) in [5.74, 6) is 0.930. The normalized spacial score (nSPS) is 10.1. The number of rotatable bonds is 2. The molecule has 1 aromatic heterocycles. The summed E-state index contributed by atoms with van der Waals surface area (Å²) in [6.45, 7) is 2.01. The number of hydrogen-bond donors (Lipinski definition) is 1. The molecule has 1 heterocycles. The molecule has 0 fully saturated rings. The lowest BCUT2D eigenvalue weighted by molar-refractivity contribution is 0.416. The summed E-state index contributed by atoms with van der Waals surface area (Å²) in [7, 11) is 1.63. The van der Waals surface area contributed by atoms with Crippen molar-refractivity contribution in [3.63, 3.8) is 0 Å². The lowest BCUT2D eigenvalue weighted by Gasteiger charge is -2.09. The van der Waals surface area contributed by atoms with E-state index >= 15 is 0 Å². The highest BCUT2D eigenvalue weighted by atomic mass is 16.5. The third-order valence-electron chi connectivity index (χ3n) is 2.39. The van der Waals surface area contributed by atoms with Gasteiger partial charge in [-0.25, -0.2) is 0 Å². The maximum atomic E-state index is 9.40. The highest BCUT2D eigenvalue weighted by Crippen LogP contribution is 2.31. The van der Waals surface area contributed by atoms with Crippen LogP contribution >= 0.6 is 0 Å². The minimum absolute atomic E-state index is 0.154. The lowest BCUT2D eigenvalue weighted by atomic mass is 10.0. The molecule has 0 aliphatic heterocycles. The highest BCUT2D eigenvalue weighted by Gasteiger charge is 2.06. The SMILES string of the molecule is COc1ccc(C)cc1-c1cncc(O)c1. The number of aromatic nitrogens is 1. The van der Waals surface area contributed by atoms with Gasteiger partial charge in [0.15, 0.2) is 0 Å². The van der Waals surface area contributed by atoms with Crippen molar-refractivity contribution in [2.24, 2.45) is 0 Å². The molecular formula is C13H13NO2. The molecule has 0 atom stereocenters. The molecule has 3 heteroatoms. The fourth-order valence-electron chi connectivity index (χ4n) is 1.62. The third kappa shape index (κ3) is 1.98. The fraction of sp³-hybridized carbons (Fsp3) is 0.154. The van der Waals surface area contributed by atoms with Crippen molar-refractivity contribution < 1.29 is 9.84 Å². The maximum Gasteiger partial charge on any atom is 0.134 e. The zero-order chi connectivity index (χ0) is 11.5. The van der Waals surface area contributed by atoms with Crippen LogP contribution in [0.2, 0.25) is 0 Å². The molecule has 2 rings (SSSR count). The first-order valence-corrected chi connectivity index (χ1v) is 5.00. The third-order valence-corrected chi connectivity index (χ3v) is 2.39. The molecule has 0 aliphatic carbocycles. The van der Waals surface area contributed by atoms with E-state index in [0.717, 1.165) is 22.4 Å². The van der Waals surface area contributed by atoms with Crippen LogP contribution in [0.15, 0.2) is 36.7 Å². The Balaban J connectivity index is 2.58. The lowest BCUT2D eigenvalue weighted by Crippen LogP contribution is -1.89. The number of pyridine rings is 1. The van der Waals surface area contributed by atoms with Crippen LogP contribution < -0.4 is 4.74 Å². The summed E-state index contributed by atoms with van der Waals surface area (Å²) >= 11 is 0. The van der Waals surface area contributed by atoms with Crippen molar-refractivity contribution in [3.05, 3.63) is 42.2 Å². The van der Waals surface area contributed by atoms with Crippen LogP contribution in [-0.4, -0.2) is 17.2 Å². The van der Waals surface area contributed by atoms with E-state index in [1.54, 1.807) is 19.4 Å². The second-order valence-electron chi connectivity index (χ2n) is 3.64. The van der Waals surface area contributed by atoms with Gasteiger partial charge in [0, 0.05) is 17.3 Å². The first-order chi connectivity index (χ1) is 7.70. The van der Waals surface area contributed by atoms with Gasteiger partial charge in [-0.1, -0.05) is 11.6 Å². The molecule has 16 heavy (non-hydrogen) atoms. The highest BCUT2D eigenvalue weighted by molar-refractivity contribution is 5.71.